The van der Waals surface area contributed by atoms with Crippen LogP contribution in [0.5, 0.6) is 0 Å². The van der Waals surface area contributed by atoms with E-state index >= 15 is 0 Å². The molecule has 0 spiro atoms. The predicted molar refractivity (Wildman–Crippen MR) is 88.8 cm³/mol. The van der Waals surface area contributed by atoms with E-state index in [4.69, 9.17) is 5.11 Å². The summed E-state index contributed by atoms with van der Waals surface area (Å²) >= 11 is 0. The van der Waals surface area contributed by atoms with Crippen molar-refractivity contribution in [1.29, 1.82) is 0 Å². The van der Waals surface area contributed by atoms with Crippen LogP contribution < -0.4 is 5.32 Å². The molecule has 0 radical (unpaired) electrons. The molecule has 2 unspecified atom stereocenters. The topological polar surface area (TPSA) is 79.3 Å². The molecule has 4 fully saturated rings. The van der Waals surface area contributed by atoms with Crippen LogP contribution in [0.25, 0.3) is 0 Å². The summed E-state index contributed by atoms with van der Waals surface area (Å²) in [5, 5.41) is 12.3. The lowest BCUT2D eigenvalue weighted by Gasteiger charge is -2.62. The molecule has 0 aliphatic heterocycles. The van der Waals surface area contributed by atoms with Crippen LogP contribution in [0.15, 0.2) is 18.2 Å². The van der Waals surface area contributed by atoms with Gasteiger partial charge in [0.25, 0.3) is 5.91 Å². The molecule has 1 aromatic rings. The Bertz CT molecular complexity index is 686. The first-order chi connectivity index (χ1) is 11.4. The van der Waals surface area contributed by atoms with E-state index in [9.17, 15) is 9.59 Å². The van der Waals surface area contributed by atoms with Crippen molar-refractivity contribution in [3.05, 3.63) is 29.6 Å². The minimum absolute atomic E-state index is 0.0850. The van der Waals surface area contributed by atoms with E-state index in [1.165, 1.54) is 31.7 Å². The Kier molecular flexibility index (Phi) is 3.44. The fourth-order valence-electron chi connectivity index (χ4n) is 6.00. The second-order valence-corrected chi connectivity index (χ2v) is 8.26. The van der Waals surface area contributed by atoms with E-state index < -0.39 is 5.97 Å². The number of hydrogen-bond donors (Lipinski definition) is 2. The molecule has 4 saturated carbocycles. The molecule has 4 atom stereocenters. The quantitative estimate of drug-likeness (QED) is 0.889. The molecule has 2 N–H and O–H groups in total. The van der Waals surface area contributed by atoms with Crippen LogP contribution in [0.1, 0.15) is 72.8 Å². The van der Waals surface area contributed by atoms with Gasteiger partial charge in [-0.05, 0) is 67.9 Å². The number of amides is 1. The zero-order valence-corrected chi connectivity index (χ0v) is 14.0. The third-order valence-corrected chi connectivity index (χ3v) is 6.51. The Balaban J connectivity index is 1.57. The van der Waals surface area contributed by atoms with Crippen LogP contribution in [0.4, 0.5) is 0 Å². The standard InChI is InChI=1S/C19H24N2O3/c1-2-18-7-12-6-13(8-18)10-19(9-12,11-18)21-16(22)14-4-3-5-15(20-14)17(23)24/h3-5,12-13H,2,6-11H2,1H3,(H,21,22)(H,23,24)/t12-,13+,18?,19?. The minimum atomic E-state index is -1.11. The van der Waals surface area contributed by atoms with Gasteiger partial charge in [0.05, 0.1) is 0 Å². The molecule has 0 saturated heterocycles. The molecule has 24 heavy (non-hydrogen) atoms. The fourth-order valence-corrected chi connectivity index (χ4v) is 6.00. The third-order valence-electron chi connectivity index (χ3n) is 6.51. The monoisotopic (exact) mass is 328 g/mol. The fraction of sp³-hybridized carbons (Fsp3) is 0.632. The predicted octanol–water partition coefficient (Wildman–Crippen LogP) is 3.26. The summed E-state index contributed by atoms with van der Waals surface area (Å²) in [7, 11) is 0. The van der Waals surface area contributed by atoms with E-state index in [0.717, 1.165) is 31.1 Å². The molecule has 4 aliphatic carbocycles. The second-order valence-electron chi connectivity index (χ2n) is 8.26. The number of nitrogens with one attached hydrogen (secondary N) is 1. The molecular weight excluding hydrogens is 304 g/mol. The third kappa shape index (κ3) is 2.50. The maximum atomic E-state index is 12.7. The van der Waals surface area contributed by atoms with Crippen molar-refractivity contribution in [1.82, 2.24) is 10.3 Å². The number of rotatable bonds is 4. The van der Waals surface area contributed by atoms with E-state index in [1.54, 1.807) is 12.1 Å². The summed E-state index contributed by atoms with van der Waals surface area (Å²) in [6, 6.07) is 4.59. The van der Waals surface area contributed by atoms with E-state index in [-0.39, 0.29) is 22.8 Å². The number of pyridine rings is 1. The molecule has 4 bridgehead atoms. The van der Waals surface area contributed by atoms with Gasteiger partial charge in [0.2, 0.25) is 0 Å². The molecule has 1 amide bonds. The number of aromatic nitrogens is 1. The highest BCUT2D eigenvalue weighted by Gasteiger charge is 2.57. The maximum Gasteiger partial charge on any atom is 0.354 e. The van der Waals surface area contributed by atoms with Crippen LogP contribution >= 0.6 is 0 Å². The number of hydrogen-bond acceptors (Lipinski definition) is 3. The summed E-state index contributed by atoms with van der Waals surface area (Å²) in [5.74, 6) is 0.116. The Morgan fingerprint density at radius 2 is 1.88 bits per heavy atom. The molecule has 5 rings (SSSR count). The van der Waals surface area contributed by atoms with Crippen LogP contribution in [-0.2, 0) is 0 Å². The van der Waals surface area contributed by atoms with Crippen molar-refractivity contribution in [2.24, 2.45) is 17.3 Å². The van der Waals surface area contributed by atoms with Gasteiger partial charge in [-0.1, -0.05) is 19.4 Å². The summed E-state index contributed by atoms with van der Waals surface area (Å²) < 4.78 is 0. The molecule has 1 heterocycles. The average Bonchev–Trinajstić information content (AvgIpc) is 2.53. The van der Waals surface area contributed by atoms with Crippen molar-refractivity contribution in [3.63, 3.8) is 0 Å². The van der Waals surface area contributed by atoms with Crippen LogP contribution in [0, 0.1) is 17.3 Å². The number of nitrogens with zero attached hydrogens (tertiary/aromatic N) is 1. The molecule has 4 aliphatic rings. The summed E-state index contributed by atoms with van der Waals surface area (Å²) in [6.07, 6.45) is 8.31. The van der Waals surface area contributed by atoms with Gasteiger partial charge in [-0.3, -0.25) is 4.79 Å². The smallest absolute Gasteiger partial charge is 0.354 e. The lowest BCUT2D eigenvalue weighted by Crippen LogP contribution is -2.63. The number of carbonyl (C=O) groups excluding carboxylic acids is 1. The molecule has 5 heteroatoms. The molecule has 0 aromatic carbocycles. The highest BCUT2D eigenvalue weighted by atomic mass is 16.4. The molecule has 5 nitrogen and oxygen atoms in total. The summed E-state index contributed by atoms with van der Waals surface area (Å²) in [4.78, 5) is 27.8. The van der Waals surface area contributed by atoms with Gasteiger partial charge in [-0.15, -0.1) is 0 Å². The minimum Gasteiger partial charge on any atom is -0.477 e. The second kappa shape index (κ2) is 5.30. The molecule has 128 valence electrons. The number of carboxylic acids is 1. The van der Waals surface area contributed by atoms with E-state index in [2.05, 4.69) is 17.2 Å². The number of carboxylic acid groups (broad SMARTS) is 1. The number of aromatic carboxylic acids is 1. The highest BCUT2D eigenvalue weighted by Crippen LogP contribution is 2.62. The van der Waals surface area contributed by atoms with Gasteiger partial charge in [-0.25, -0.2) is 9.78 Å². The van der Waals surface area contributed by atoms with E-state index in [1.807, 2.05) is 0 Å². The average molecular weight is 328 g/mol. The zero-order chi connectivity index (χ0) is 16.9. The lowest BCUT2D eigenvalue weighted by molar-refractivity contribution is -0.0795. The van der Waals surface area contributed by atoms with Gasteiger partial charge < -0.3 is 10.4 Å². The van der Waals surface area contributed by atoms with Crippen molar-refractivity contribution in [2.75, 3.05) is 0 Å². The van der Waals surface area contributed by atoms with Gasteiger partial charge >= 0.3 is 5.97 Å². The lowest BCUT2D eigenvalue weighted by atomic mass is 9.46. The zero-order valence-electron chi connectivity index (χ0n) is 14.0. The van der Waals surface area contributed by atoms with Crippen molar-refractivity contribution < 1.29 is 14.7 Å². The SMILES string of the molecule is CCC12C[C@H]3C[C@@H](C1)CC(NC(=O)c1cccc(C(=O)O)n1)(C3)C2. The highest BCUT2D eigenvalue weighted by molar-refractivity contribution is 5.94. The Morgan fingerprint density at radius 3 is 2.50 bits per heavy atom. The Morgan fingerprint density at radius 1 is 1.21 bits per heavy atom. The van der Waals surface area contributed by atoms with Crippen molar-refractivity contribution in [3.8, 4) is 0 Å². The van der Waals surface area contributed by atoms with Crippen LogP contribution in [0.2, 0.25) is 0 Å². The normalized spacial score (nSPS) is 36.5. The number of carbonyl (C=O) groups is 2. The largest absolute Gasteiger partial charge is 0.477 e. The first-order valence-corrected chi connectivity index (χ1v) is 8.95. The van der Waals surface area contributed by atoms with Crippen LogP contribution in [0.3, 0.4) is 0 Å². The molecular formula is C19H24N2O3. The Hall–Kier alpha value is -1.91. The van der Waals surface area contributed by atoms with Gasteiger partial charge in [0, 0.05) is 5.54 Å². The summed E-state index contributed by atoms with van der Waals surface area (Å²) in [6.45, 7) is 2.28. The van der Waals surface area contributed by atoms with Gasteiger partial charge in [0.1, 0.15) is 11.4 Å². The molecule has 1 aromatic heterocycles. The van der Waals surface area contributed by atoms with Gasteiger partial charge in [0.15, 0.2) is 0 Å². The van der Waals surface area contributed by atoms with Crippen molar-refractivity contribution in [2.45, 2.75) is 57.4 Å². The van der Waals surface area contributed by atoms with Crippen LogP contribution in [-0.4, -0.2) is 27.5 Å². The Labute approximate surface area is 141 Å². The maximum absolute atomic E-state index is 12.7. The first-order valence-electron chi connectivity index (χ1n) is 8.95. The van der Waals surface area contributed by atoms with E-state index in [0.29, 0.717) is 5.41 Å². The summed E-state index contributed by atoms with van der Waals surface area (Å²) in [5.41, 5.74) is 0.403. The van der Waals surface area contributed by atoms with Crippen molar-refractivity contribution >= 4 is 11.9 Å². The van der Waals surface area contributed by atoms with Gasteiger partial charge in [-0.2, -0.15) is 0 Å². The first kappa shape index (κ1) is 15.6.